The molecule has 0 bridgehead atoms. The molecule has 0 aliphatic carbocycles. The Morgan fingerprint density at radius 3 is 2.37 bits per heavy atom. The Hall–Kier alpha value is -1.66. The van der Waals surface area contributed by atoms with Crippen LogP contribution in [-0.4, -0.2) is 6.54 Å². The summed E-state index contributed by atoms with van der Waals surface area (Å²) in [6, 6.07) is 11.8. The highest BCUT2D eigenvalue weighted by Crippen LogP contribution is 2.48. The molecule has 1 N–H and O–H groups in total. The fourth-order valence-electron chi connectivity index (χ4n) is 3.20. The number of hydrogen-bond acceptors (Lipinski definition) is 3. The predicted octanol–water partition coefficient (Wildman–Crippen LogP) is 7.17. The third kappa shape index (κ3) is 4.99. The summed E-state index contributed by atoms with van der Waals surface area (Å²) in [5.41, 5.74) is 4.21. The molecule has 27 heavy (non-hydrogen) atoms. The van der Waals surface area contributed by atoms with Crippen LogP contribution in [0, 0.1) is 0 Å². The lowest BCUT2D eigenvalue weighted by atomic mass is 10.1. The summed E-state index contributed by atoms with van der Waals surface area (Å²) in [6.45, 7) is 2.93. The van der Waals surface area contributed by atoms with Crippen molar-refractivity contribution in [3.63, 3.8) is 0 Å². The Morgan fingerprint density at radius 1 is 0.889 bits per heavy atom. The Balaban J connectivity index is 1.76. The molecule has 0 spiro atoms. The number of alkyl halides is 3. The predicted molar refractivity (Wildman–Crippen MR) is 106 cm³/mol. The van der Waals surface area contributed by atoms with Gasteiger partial charge in [-0.15, -0.1) is 0 Å². The highest BCUT2D eigenvalue weighted by molar-refractivity contribution is 7.99. The van der Waals surface area contributed by atoms with Gasteiger partial charge in [-0.2, -0.15) is 13.2 Å². The van der Waals surface area contributed by atoms with Gasteiger partial charge in [0.2, 0.25) is 0 Å². The Kier molecular flexibility index (Phi) is 6.71. The summed E-state index contributed by atoms with van der Waals surface area (Å²) in [5.74, 6) is 0. The number of nitrogens with one attached hydrogen (secondary N) is 1. The van der Waals surface area contributed by atoms with Gasteiger partial charge >= 0.3 is 6.18 Å². The normalized spacial score (nSPS) is 13.4. The first-order chi connectivity index (χ1) is 13.0. The Morgan fingerprint density at radius 2 is 1.59 bits per heavy atom. The van der Waals surface area contributed by atoms with E-state index in [2.05, 4.69) is 12.3 Å². The zero-order valence-electron chi connectivity index (χ0n) is 15.5. The standard InChI is InChI=1S/C21H25F3N2S/c1-2-3-4-5-6-9-14-25-26-17-10-7-8-11-19(17)27-20-13-12-16(15-18(20)26)21(22,23)24/h7-8,10-13,15,25H,2-6,9,14H2,1H3. The maximum Gasteiger partial charge on any atom is 0.416 e. The molecule has 1 heterocycles. The van der Waals surface area contributed by atoms with E-state index in [-0.39, 0.29) is 0 Å². The lowest BCUT2D eigenvalue weighted by molar-refractivity contribution is -0.137. The number of benzene rings is 2. The van der Waals surface area contributed by atoms with Crippen LogP contribution < -0.4 is 10.4 Å². The van der Waals surface area contributed by atoms with E-state index >= 15 is 0 Å². The smallest absolute Gasteiger partial charge is 0.275 e. The van der Waals surface area contributed by atoms with Crippen molar-refractivity contribution in [3.05, 3.63) is 48.0 Å². The second-order valence-corrected chi connectivity index (χ2v) is 7.85. The summed E-state index contributed by atoms with van der Waals surface area (Å²) < 4.78 is 39.6. The number of hydrogen-bond donors (Lipinski definition) is 1. The molecule has 2 nitrogen and oxygen atoms in total. The molecule has 0 saturated heterocycles. The molecule has 1 aliphatic heterocycles. The number of hydrazine groups is 1. The van der Waals surface area contributed by atoms with Gasteiger partial charge in [0.25, 0.3) is 0 Å². The molecule has 6 heteroatoms. The first-order valence-electron chi connectivity index (χ1n) is 9.52. The van der Waals surface area contributed by atoms with Gasteiger partial charge in [-0.25, -0.2) is 5.43 Å². The van der Waals surface area contributed by atoms with Gasteiger partial charge in [0.05, 0.1) is 16.9 Å². The molecule has 0 unspecified atom stereocenters. The topological polar surface area (TPSA) is 15.3 Å². The van der Waals surface area contributed by atoms with Gasteiger partial charge < -0.3 is 0 Å². The second kappa shape index (κ2) is 9.02. The van der Waals surface area contributed by atoms with Gasteiger partial charge in [0.15, 0.2) is 0 Å². The molecule has 2 aromatic carbocycles. The summed E-state index contributed by atoms with van der Waals surface area (Å²) in [4.78, 5) is 1.87. The molecular formula is C21H25F3N2S. The van der Waals surface area contributed by atoms with Crippen LogP contribution in [0.1, 0.15) is 51.0 Å². The van der Waals surface area contributed by atoms with E-state index in [1.54, 1.807) is 6.07 Å². The minimum atomic E-state index is -4.35. The molecule has 3 rings (SSSR count). The molecule has 0 atom stereocenters. The van der Waals surface area contributed by atoms with Crippen LogP contribution in [0.15, 0.2) is 52.3 Å². The number of rotatable bonds is 8. The van der Waals surface area contributed by atoms with Gasteiger partial charge in [-0.3, -0.25) is 5.01 Å². The minimum Gasteiger partial charge on any atom is -0.275 e. The average Bonchev–Trinajstić information content (AvgIpc) is 2.65. The highest BCUT2D eigenvalue weighted by atomic mass is 32.2. The number of halogens is 3. The van der Waals surface area contributed by atoms with Crippen LogP contribution in [0.3, 0.4) is 0 Å². The van der Waals surface area contributed by atoms with Crippen molar-refractivity contribution in [2.24, 2.45) is 0 Å². The van der Waals surface area contributed by atoms with Crippen molar-refractivity contribution < 1.29 is 13.2 Å². The molecule has 0 amide bonds. The fourth-order valence-corrected chi connectivity index (χ4v) is 4.24. The SMILES string of the molecule is CCCCCCCCNN1c2ccccc2Sc2ccc(C(F)(F)F)cc21. The van der Waals surface area contributed by atoms with E-state index in [0.717, 1.165) is 40.9 Å². The Labute approximate surface area is 163 Å². The van der Waals surface area contributed by atoms with Crippen molar-refractivity contribution in [2.45, 2.75) is 61.4 Å². The fraction of sp³-hybridized carbons (Fsp3) is 0.429. The molecule has 0 aromatic heterocycles. The molecular weight excluding hydrogens is 369 g/mol. The summed E-state index contributed by atoms with van der Waals surface area (Å²) in [6.07, 6.45) is 2.73. The lowest BCUT2D eigenvalue weighted by Gasteiger charge is -2.33. The van der Waals surface area contributed by atoms with Crippen LogP contribution in [0.2, 0.25) is 0 Å². The van der Waals surface area contributed by atoms with E-state index in [1.807, 2.05) is 29.3 Å². The van der Waals surface area contributed by atoms with Crippen molar-refractivity contribution in [3.8, 4) is 0 Å². The number of unbranched alkanes of at least 4 members (excludes halogenated alkanes) is 5. The van der Waals surface area contributed by atoms with Gasteiger partial charge in [-0.05, 0) is 36.8 Å². The maximum atomic E-state index is 13.2. The molecule has 1 aliphatic rings. The van der Waals surface area contributed by atoms with Crippen LogP contribution in [0.25, 0.3) is 0 Å². The van der Waals surface area contributed by atoms with Gasteiger partial charge in [0.1, 0.15) is 0 Å². The highest BCUT2D eigenvalue weighted by Gasteiger charge is 2.33. The lowest BCUT2D eigenvalue weighted by Crippen LogP contribution is -2.36. The van der Waals surface area contributed by atoms with Crippen molar-refractivity contribution in [1.29, 1.82) is 0 Å². The van der Waals surface area contributed by atoms with E-state index < -0.39 is 11.7 Å². The van der Waals surface area contributed by atoms with Crippen LogP contribution in [0.4, 0.5) is 24.5 Å². The van der Waals surface area contributed by atoms with E-state index in [0.29, 0.717) is 5.69 Å². The second-order valence-electron chi connectivity index (χ2n) is 6.76. The molecule has 146 valence electrons. The van der Waals surface area contributed by atoms with E-state index in [9.17, 15) is 13.2 Å². The number of anilines is 2. The molecule has 2 aromatic rings. The minimum absolute atomic E-state index is 0.569. The summed E-state index contributed by atoms with van der Waals surface area (Å²) in [5, 5.41) is 1.82. The largest absolute Gasteiger partial charge is 0.416 e. The van der Waals surface area contributed by atoms with E-state index in [1.165, 1.54) is 43.5 Å². The van der Waals surface area contributed by atoms with Gasteiger partial charge in [0, 0.05) is 16.3 Å². The molecule has 0 radical (unpaired) electrons. The third-order valence-electron chi connectivity index (χ3n) is 4.65. The van der Waals surface area contributed by atoms with E-state index in [4.69, 9.17) is 0 Å². The van der Waals surface area contributed by atoms with Crippen LogP contribution in [0.5, 0.6) is 0 Å². The zero-order chi connectivity index (χ0) is 19.3. The quantitative estimate of drug-likeness (QED) is 0.478. The first-order valence-corrected chi connectivity index (χ1v) is 10.3. The van der Waals surface area contributed by atoms with Crippen LogP contribution >= 0.6 is 11.8 Å². The first kappa shape index (κ1) is 20.1. The Bertz CT molecular complexity index is 761. The third-order valence-corrected chi connectivity index (χ3v) is 5.78. The van der Waals surface area contributed by atoms with Crippen molar-refractivity contribution in [1.82, 2.24) is 5.43 Å². The summed E-state index contributed by atoms with van der Waals surface area (Å²) in [7, 11) is 0. The molecule has 0 saturated carbocycles. The van der Waals surface area contributed by atoms with Gasteiger partial charge in [-0.1, -0.05) is 62.9 Å². The summed E-state index contributed by atoms with van der Waals surface area (Å²) >= 11 is 1.51. The average molecular weight is 395 g/mol. The van der Waals surface area contributed by atoms with Crippen molar-refractivity contribution in [2.75, 3.05) is 11.6 Å². The number of para-hydroxylation sites is 1. The maximum absolute atomic E-state index is 13.2. The zero-order valence-corrected chi connectivity index (χ0v) is 16.3. The monoisotopic (exact) mass is 394 g/mol. The van der Waals surface area contributed by atoms with Crippen LogP contribution in [-0.2, 0) is 6.18 Å². The number of nitrogens with zero attached hydrogens (tertiary/aromatic N) is 1. The van der Waals surface area contributed by atoms with Crippen molar-refractivity contribution >= 4 is 23.1 Å². The molecule has 0 fully saturated rings. The number of fused-ring (bicyclic) bond motifs is 2.